The summed E-state index contributed by atoms with van der Waals surface area (Å²) in [4.78, 5) is 3.91. The van der Waals surface area contributed by atoms with Gasteiger partial charge in [-0.2, -0.15) is 0 Å². The van der Waals surface area contributed by atoms with E-state index in [9.17, 15) is 8.42 Å². The Bertz CT molecular complexity index is 373. The molecule has 0 bridgehead atoms. The average molecular weight is 185 g/mol. The Kier molecular flexibility index (Phi) is 2.32. The molecule has 1 rings (SSSR count). The molecule has 0 aliphatic carbocycles. The number of hydrogen-bond acceptors (Lipinski definition) is 3. The van der Waals surface area contributed by atoms with E-state index >= 15 is 0 Å². The molecule has 0 saturated heterocycles. The van der Waals surface area contributed by atoms with E-state index in [1.54, 1.807) is 19.2 Å². The number of sulfonamides is 1. The highest BCUT2D eigenvalue weighted by molar-refractivity contribution is 7.92. The maximum absolute atomic E-state index is 10.8. The minimum absolute atomic E-state index is 0.403. The Morgan fingerprint density at radius 3 is 2.75 bits per heavy atom. The van der Waals surface area contributed by atoms with Crippen LogP contribution in [0.15, 0.2) is 12.3 Å². The van der Waals surface area contributed by atoms with Crippen molar-refractivity contribution in [1.29, 1.82) is 0 Å². The standard InChI is InChI=1S/C7H9N2O2S/c1-6-7(4-3-5-8-6)9-12(2,10)11/h3,5,9H,1-2H3. The van der Waals surface area contributed by atoms with Crippen LogP contribution in [0.4, 0.5) is 5.69 Å². The van der Waals surface area contributed by atoms with Crippen molar-refractivity contribution in [3.05, 3.63) is 24.0 Å². The van der Waals surface area contributed by atoms with E-state index < -0.39 is 10.0 Å². The van der Waals surface area contributed by atoms with Gasteiger partial charge in [-0.3, -0.25) is 9.71 Å². The smallest absolute Gasteiger partial charge is 0.229 e. The topological polar surface area (TPSA) is 59.1 Å². The number of nitrogens with one attached hydrogen (secondary N) is 1. The van der Waals surface area contributed by atoms with Crippen molar-refractivity contribution in [2.24, 2.45) is 0 Å². The lowest BCUT2D eigenvalue weighted by molar-refractivity contribution is 0.606. The Labute approximate surface area is 71.7 Å². The molecule has 1 heterocycles. The first-order valence-corrected chi connectivity index (χ1v) is 5.19. The molecule has 5 heteroatoms. The van der Waals surface area contributed by atoms with E-state index in [2.05, 4.69) is 15.8 Å². The fourth-order valence-corrected chi connectivity index (χ4v) is 1.30. The zero-order chi connectivity index (χ0) is 9.19. The lowest BCUT2D eigenvalue weighted by atomic mass is 10.3. The molecule has 0 spiro atoms. The van der Waals surface area contributed by atoms with Gasteiger partial charge in [-0.05, 0) is 13.0 Å². The van der Waals surface area contributed by atoms with Gasteiger partial charge in [0.05, 0.1) is 17.6 Å². The normalized spacial score (nSPS) is 11.2. The molecule has 65 valence electrons. The van der Waals surface area contributed by atoms with Gasteiger partial charge in [-0.15, -0.1) is 0 Å². The summed E-state index contributed by atoms with van der Waals surface area (Å²) in [5.74, 6) is 0. The zero-order valence-electron chi connectivity index (χ0n) is 6.83. The average Bonchev–Trinajstić information content (AvgIpc) is 1.91. The van der Waals surface area contributed by atoms with Crippen LogP contribution >= 0.6 is 0 Å². The summed E-state index contributed by atoms with van der Waals surface area (Å²) >= 11 is 0. The Hall–Kier alpha value is -1.10. The molecule has 4 nitrogen and oxygen atoms in total. The van der Waals surface area contributed by atoms with Crippen molar-refractivity contribution in [3.63, 3.8) is 0 Å². The van der Waals surface area contributed by atoms with Gasteiger partial charge in [0.25, 0.3) is 0 Å². The molecule has 1 aromatic heterocycles. The van der Waals surface area contributed by atoms with Crippen LogP contribution in [0.5, 0.6) is 0 Å². The van der Waals surface area contributed by atoms with Crippen molar-refractivity contribution in [1.82, 2.24) is 4.98 Å². The molecule has 1 aromatic rings. The second-order valence-electron chi connectivity index (χ2n) is 2.42. The van der Waals surface area contributed by atoms with E-state index in [4.69, 9.17) is 0 Å². The van der Waals surface area contributed by atoms with Crippen LogP contribution in [0.25, 0.3) is 0 Å². The molecule has 0 unspecified atom stereocenters. The van der Waals surface area contributed by atoms with E-state index in [1.165, 1.54) is 0 Å². The van der Waals surface area contributed by atoms with Crippen LogP contribution < -0.4 is 4.72 Å². The molecule has 0 aliphatic heterocycles. The first-order chi connectivity index (χ1) is 5.49. The largest absolute Gasteiger partial charge is 0.281 e. The zero-order valence-corrected chi connectivity index (χ0v) is 7.64. The fourth-order valence-electron chi connectivity index (χ4n) is 0.727. The van der Waals surface area contributed by atoms with Crippen LogP contribution in [0.1, 0.15) is 5.69 Å². The third-order valence-corrected chi connectivity index (χ3v) is 1.79. The third kappa shape index (κ3) is 2.50. The fraction of sp³-hybridized carbons (Fsp3) is 0.286. The van der Waals surface area contributed by atoms with Crippen molar-refractivity contribution >= 4 is 15.7 Å². The number of hydrogen-bond donors (Lipinski definition) is 1. The van der Waals surface area contributed by atoms with Gasteiger partial charge in [0.2, 0.25) is 10.0 Å². The minimum Gasteiger partial charge on any atom is -0.281 e. The molecule has 12 heavy (non-hydrogen) atoms. The highest BCUT2D eigenvalue weighted by atomic mass is 32.2. The van der Waals surface area contributed by atoms with Crippen molar-refractivity contribution in [2.45, 2.75) is 6.92 Å². The number of nitrogens with zero attached hydrogens (tertiary/aromatic N) is 1. The molecule has 1 N–H and O–H groups in total. The summed E-state index contributed by atoms with van der Waals surface area (Å²) in [6.07, 6.45) is 2.65. The molecule has 0 aromatic carbocycles. The Morgan fingerprint density at radius 2 is 2.25 bits per heavy atom. The molecule has 0 saturated carbocycles. The van der Waals surface area contributed by atoms with Crippen LogP contribution in [-0.2, 0) is 10.0 Å². The van der Waals surface area contributed by atoms with E-state index in [1.807, 2.05) is 0 Å². The Balaban J connectivity index is 2.98. The van der Waals surface area contributed by atoms with E-state index in [-0.39, 0.29) is 0 Å². The number of aryl methyl sites for hydroxylation is 1. The van der Waals surface area contributed by atoms with Crippen LogP contribution in [-0.4, -0.2) is 19.7 Å². The molecule has 0 atom stereocenters. The second-order valence-corrected chi connectivity index (χ2v) is 4.17. The summed E-state index contributed by atoms with van der Waals surface area (Å²) in [5.41, 5.74) is 1.02. The minimum atomic E-state index is -3.22. The van der Waals surface area contributed by atoms with Gasteiger partial charge < -0.3 is 0 Å². The van der Waals surface area contributed by atoms with Gasteiger partial charge in [0.15, 0.2) is 0 Å². The summed E-state index contributed by atoms with van der Waals surface area (Å²) in [5, 5.41) is 0. The number of anilines is 1. The SMILES string of the molecule is Cc1ncc[c]c1NS(C)(=O)=O. The molecule has 0 fully saturated rings. The van der Waals surface area contributed by atoms with Gasteiger partial charge in [-0.25, -0.2) is 8.42 Å². The monoisotopic (exact) mass is 185 g/mol. The van der Waals surface area contributed by atoms with Crippen molar-refractivity contribution in [3.8, 4) is 0 Å². The lowest BCUT2D eigenvalue weighted by Gasteiger charge is -2.04. The maximum Gasteiger partial charge on any atom is 0.229 e. The highest BCUT2D eigenvalue weighted by Gasteiger charge is 2.03. The maximum atomic E-state index is 10.8. The second kappa shape index (κ2) is 3.10. The van der Waals surface area contributed by atoms with Gasteiger partial charge in [0, 0.05) is 12.3 Å². The van der Waals surface area contributed by atoms with Crippen molar-refractivity contribution in [2.75, 3.05) is 11.0 Å². The predicted octanol–water partition coefficient (Wildman–Crippen LogP) is 0.562. The highest BCUT2D eigenvalue weighted by Crippen LogP contribution is 2.10. The van der Waals surface area contributed by atoms with Gasteiger partial charge >= 0.3 is 0 Å². The molecule has 0 aliphatic rings. The number of pyridine rings is 1. The lowest BCUT2D eigenvalue weighted by Crippen LogP contribution is -2.10. The molecular formula is C7H9N2O2S. The van der Waals surface area contributed by atoms with Crippen LogP contribution in [0, 0.1) is 13.0 Å². The number of aromatic nitrogens is 1. The van der Waals surface area contributed by atoms with Crippen LogP contribution in [0.2, 0.25) is 0 Å². The van der Waals surface area contributed by atoms with Gasteiger partial charge in [0.1, 0.15) is 0 Å². The van der Waals surface area contributed by atoms with E-state index in [0.717, 1.165) is 6.26 Å². The quantitative estimate of drug-likeness (QED) is 0.732. The Morgan fingerprint density at radius 1 is 1.58 bits per heavy atom. The summed E-state index contributed by atoms with van der Waals surface area (Å²) in [6.45, 7) is 1.71. The predicted molar refractivity (Wildman–Crippen MR) is 46.3 cm³/mol. The third-order valence-electron chi connectivity index (χ3n) is 1.22. The molecule has 0 amide bonds. The first kappa shape index (κ1) is 8.99. The molecule has 1 radical (unpaired) electrons. The number of rotatable bonds is 2. The molecular weight excluding hydrogens is 176 g/mol. The first-order valence-electron chi connectivity index (χ1n) is 3.30. The summed E-state index contributed by atoms with van der Waals surface area (Å²) < 4.78 is 23.9. The summed E-state index contributed by atoms with van der Waals surface area (Å²) in [7, 11) is -3.22. The van der Waals surface area contributed by atoms with Crippen LogP contribution in [0.3, 0.4) is 0 Å². The van der Waals surface area contributed by atoms with E-state index in [0.29, 0.717) is 11.4 Å². The summed E-state index contributed by atoms with van der Waals surface area (Å²) in [6, 6.07) is 4.30. The van der Waals surface area contributed by atoms with Gasteiger partial charge in [-0.1, -0.05) is 0 Å². The van der Waals surface area contributed by atoms with Crippen molar-refractivity contribution < 1.29 is 8.42 Å².